The average Bonchev–Trinajstić information content (AvgIpc) is 2.50. The quantitative estimate of drug-likeness (QED) is 0.868. The van der Waals surface area contributed by atoms with Gasteiger partial charge in [-0.25, -0.2) is 0 Å². The summed E-state index contributed by atoms with van der Waals surface area (Å²) in [6, 6.07) is 3.96. The molecule has 2 atom stereocenters. The number of amides is 2. The smallest absolute Gasteiger partial charge is 0.261 e. The fourth-order valence-corrected chi connectivity index (χ4v) is 2.69. The third-order valence-electron chi connectivity index (χ3n) is 3.43. The molecule has 6 nitrogen and oxygen atoms in total. The minimum atomic E-state index is -0.665. The van der Waals surface area contributed by atoms with Gasteiger partial charge in [-0.05, 0) is 19.1 Å². The number of nitrogens with one attached hydrogen (secondary N) is 1. The molecule has 0 bridgehead atoms. The fraction of sp³-hybridized carbons (Fsp3) is 0.467. The maximum Gasteiger partial charge on any atom is 0.261 e. The van der Waals surface area contributed by atoms with Crippen molar-refractivity contribution in [3.63, 3.8) is 0 Å². The first-order chi connectivity index (χ1) is 10.9. The van der Waals surface area contributed by atoms with Crippen molar-refractivity contribution in [2.45, 2.75) is 19.0 Å². The summed E-state index contributed by atoms with van der Waals surface area (Å²) < 4.78 is 10.5. The Kier molecular flexibility index (Phi) is 6.10. The first-order valence-corrected chi connectivity index (χ1v) is 7.84. The Morgan fingerprint density at radius 1 is 1.43 bits per heavy atom. The van der Waals surface area contributed by atoms with Crippen molar-refractivity contribution in [2.75, 3.05) is 26.9 Å². The zero-order valence-electron chi connectivity index (χ0n) is 12.8. The number of halogens is 2. The van der Waals surface area contributed by atoms with Crippen LogP contribution < -0.4 is 10.1 Å². The molecule has 1 heterocycles. The van der Waals surface area contributed by atoms with E-state index in [9.17, 15) is 9.59 Å². The van der Waals surface area contributed by atoms with Crippen molar-refractivity contribution in [1.29, 1.82) is 0 Å². The molecule has 23 heavy (non-hydrogen) atoms. The number of methoxy groups -OCH3 is 1. The molecule has 126 valence electrons. The van der Waals surface area contributed by atoms with E-state index in [-0.39, 0.29) is 31.1 Å². The number of nitrogens with zero attached hydrogens (tertiary/aromatic N) is 1. The van der Waals surface area contributed by atoms with E-state index in [1.165, 1.54) is 18.1 Å². The fourth-order valence-electron chi connectivity index (χ4n) is 2.36. The maximum atomic E-state index is 12.4. The molecule has 0 aliphatic carbocycles. The van der Waals surface area contributed by atoms with Crippen LogP contribution in [0.2, 0.25) is 10.0 Å². The monoisotopic (exact) mass is 360 g/mol. The Hall–Kier alpha value is -1.50. The summed E-state index contributed by atoms with van der Waals surface area (Å²) in [5.41, 5.74) is 0. The summed E-state index contributed by atoms with van der Waals surface area (Å²) in [5, 5.41) is 3.62. The molecule has 1 aromatic carbocycles. The highest BCUT2D eigenvalue weighted by Gasteiger charge is 2.35. The average molecular weight is 361 g/mol. The van der Waals surface area contributed by atoms with Gasteiger partial charge in [0.05, 0.1) is 11.6 Å². The van der Waals surface area contributed by atoms with Crippen molar-refractivity contribution >= 4 is 35.0 Å². The Bertz CT molecular complexity index is 597. The molecule has 1 aliphatic heterocycles. The molecule has 0 saturated carbocycles. The van der Waals surface area contributed by atoms with Gasteiger partial charge in [-0.2, -0.15) is 0 Å². The number of ether oxygens (including phenoxy) is 2. The van der Waals surface area contributed by atoms with E-state index in [1.54, 1.807) is 12.1 Å². The normalized spacial score (nSPS) is 21.0. The van der Waals surface area contributed by atoms with Gasteiger partial charge < -0.3 is 19.7 Å². The Morgan fingerprint density at radius 2 is 2.17 bits per heavy atom. The third kappa shape index (κ3) is 4.50. The van der Waals surface area contributed by atoms with E-state index in [0.29, 0.717) is 22.3 Å². The van der Waals surface area contributed by atoms with E-state index >= 15 is 0 Å². The van der Waals surface area contributed by atoms with Crippen LogP contribution in [-0.2, 0) is 14.3 Å². The lowest BCUT2D eigenvalue weighted by Gasteiger charge is -2.37. The molecular formula is C15H18Cl2N2O4. The summed E-state index contributed by atoms with van der Waals surface area (Å²) >= 11 is 11.9. The highest BCUT2D eigenvalue weighted by molar-refractivity contribution is 6.34. The van der Waals surface area contributed by atoms with E-state index in [0.717, 1.165) is 0 Å². The van der Waals surface area contributed by atoms with Gasteiger partial charge >= 0.3 is 0 Å². The van der Waals surface area contributed by atoms with Crippen molar-refractivity contribution in [3.8, 4) is 5.75 Å². The zero-order chi connectivity index (χ0) is 17.0. The third-order valence-corrected chi connectivity index (χ3v) is 3.97. The van der Waals surface area contributed by atoms with Crippen molar-refractivity contribution in [1.82, 2.24) is 10.2 Å². The second kappa shape index (κ2) is 7.86. The molecule has 1 fully saturated rings. The molecule has 2 rings (SSSR count). The van der Waals surface area contributed by atoms with Crippen LogP contribution in [0.15, 0.2) is 18.2 Å². The summed E-state index contributed by atoms with van der Waals surface area (Å²) in [7, 11) is 1.48. The molecule has 0 radical (unpaired) electrons. The van der Waals surface area contributed by atoms with Gasteiger partial charge in [0, 0.05) is 30.8 Å². The number of carbonyl (C=O) groups excluding carboxylic acids is 2. The van der Waals surface area contributed by atoms with Crippen LogP contribution >= 0.6 is 23.2 Å². The molecule has 0 spiro atoms. The predicted octanol–water partition coefficient (Wildman–Crippen LogP) is 1.73. The summed E-state index contributed by atoms with van der Waals surface area (Å²) in [6.45, 7) is 2.11. The van der Waals surface area contributed by atoms with E-state index in [4.69, 9.17) is 32.7 Å². The van der Waals surface area contributed by atoms with Gasteiger partial charge in [0.15, 0.2) is 6.61 Å². The van der Waals surface area contributed by atoms with Gasteiger partial charge in [0.2, 0.25) is 5.91 Å². The Balaban J connectivity index is 2.05. The highest BCUT2D eigenvalue weighted by atomic mass is 35.5. The second-order valence-corrected chi connectivity index (χ2v) is 6.13. The lowest BCUT2D eigenvalue weighted by Crippen LogP contribution is -2.62. The highest BCUT2D eigenvalue weighted by Crippen LogP contribution is 2.27. The minimum Gasteiger partial charge on any atom is -0.482 e. The Labute approximate surface area is 144 Å². The number of hydrogen-bond donors (Lipinski definition) is 1. The van der Waals surface area contributed by atoms with Crippen molar-refractivity contribution < 1.29 is 19.1 Å². The number of rotatable bonds is 5. The molecule has 2 amide bonds. The van der Waals surface area contributed by atoms with Crippen LogP contribution in [0.5, 0.6) is 5.75 Å². The van der Waals surface area contributed by atoms with Crippen LogP contribution in [0.25, 0.3) is 0 Å². The molecule has 8 heteroatoms. The number of carbonyl (C=O) groups is 2. The molecule has 0 aromatic heterocycles. The number of hydrogen-bond acceptors (Lipinski definition) is 4. The van der Waals surface area contributed by atoms with Crippen LogP contribution in [0.4, 0.5) is 0 Å². The van der Waals surface area contributed by atoms with Crippen LogP contribution in [0.1, 0.15) is 6.92 Å². The van der Waals surface area contributed by atoms with Gasteiger partial charge in [-0.3, -0.25) is 9.59 Å². The second-order valence-electron chi connectivity index (χ2n) is 5.29. The van der Waals surface area contributed by atoms with E-state index < -0.39 is 6.04 Å². The molecule has 1 unspecified atom stereocenters. The summed E-state index contributed by atoms with van der Waals surface area (Å²) in [6.07, 6.45) is 0. The topological polar surface area (TPSA) is 67.9 Å². The SMILES string of the molecule is COC[C@H]1C(=O)NC(C)CN1C(=O)COc1cc(Cl)ccc1Cl. The first kappa shape index (κ1) is 17.8. The van der Waals surface area contributed by atoms with E-state index in [1.807, 2.05) is 6.92 Å². The summed E-state index contributed by atoms with van der Waals surface area (Å²) in [5.74, 6) is -0.227. The van der Waals surface area contributed by atoms with Crippen LogP contribution in [0, 0.1) is 0 Å². The van der Waals surface area contributed by atoms with Gasteiger partial charge in [-0.15, -0.1) is 0 Å². The first-order valence-electron chi connectivity index (χ1n) is 7.09. The maximum absolute atomic E-state index is 12.4. The molecule has 1 aromatic rings. The van der Waals surface area contributed by atoms with E-state index in [2.05, 4.69) is 5.32 Å². The number of benzene rings is 1. The number of piperazine rings is 1. The molecule has 1 aliphatic rings. The van der Waals surface area contributed by atoms with Crippen LogP contribution in [-0.4, -0.2) is 55.7 Å². The standard InChI is InChI=1S/C15H18Cl2N2O4/c1-9-6-19(12(7-22-2)15(21)18-9)14(20)8-23-13-5-10(16)3-4-11(13)17/h3-5,9,12H,6-8H2,1-2H3,(H,18,21)/t9?,12-/m0/s1. The summed E-state index contributed by atoms with van der Waals surface area (Å²) in [4.78, 5) is 25.9. The molecule has 1 saturated heterocycles. The largest absolute Gasteiger partial charge is 0.482 e. The van der Waals surface area contributed by atoms with Gasteiger partial charge in [0.1, 0.15) is 11.8 Å². The predicted molar refractivity (Wildman–Crippen MR) is 86.9 cm³/mol. The Morgan fingerprint density at radius 3 is 2.87 bits per heavy atom. The zero-order valence-corrected chi connectivity index (χ0v) is 14.4. The van der Waals surface area contributed by atoms with Gasteiger partial charge in [-0.1, -0.05) is 23.2 Å². The van der Waals surface area contributed by atoms with Crippen LogP contribution in [0.3, 0.4) is 0 Å². The van der Waals surface area contributed by atoms with Crippen molar-refractivity contribution in [3.05, 3.63) is 28.2 Å². The minimum absolute atomic E-state index is 0.127. The molecule has 1 N–H and O–H groups in total. The lowest BCUT2D eigenvalue weighted by molar-refractivity contribution is -0.148. The van der Waals surface area contributed by atoms with Crippen molar-refractivity contribution in [2.24, 2.45) is 0 Å². The van der Waals surface area contributed by atoms with Gasteiger partial charge in [0.25, 0.3) is 5.91 Å². The molecular weight excluding hydrogens is 343 g/mol. The lowest BCUT2D eigenvalue weighted by atomic mass is 10.1.